The van der Waals surface area contributed by atoms with Gasteiger partial charge in [0.15, 0.2) is 0 Å². The molecule has 0 saturated carbocycles. The molecule has 0 unspecified atom stereocenters. The van der Waals surface area contributed by atoms with Gasteiger partial charge in [0.2, 0.25) is 0 Å². The Morgan fingerprint density at radius 3 is 1.68 bits per heavy atom. The van der Waals surface area contributed by atoms with Crippen molar-refractivity contribution in [3.05, 3.63) is 107 Å². The first-order valence-corrected chi connectivity index (χ1v) is 13.3. The molecule has 7 heteroatoms. The normalized spacial score (nSPS) is 18.5. The van der Waals surface area contributed by atoms with Crippen LogP contribution in [0.3, 0.4) is 0 Å². The average molecular weight is 523 g/mol. The van der Waals surface area contributed by atoms with Crippen LogP contribution < -0.4 is 0 Å². The fourth-order valence-electron chi connectivity index (χ4n) is 5.11. The van der Waals surface area contributed by atoms with Crippen LogP contribution in [0.15, 0.2) is 84.9 Å². The topological polar surface area (TPSA) is 21.7 Å². The quantitative estimate of drug-likeness (QED) is 0.263. The number of rotatable bonds is 9. The van der Waals surface area contributed by atoms with E-state index < -0.39 is 30.1 Å². The van der Waals surface area contributed by atoms with Crippen molar-refractivity contribution in [2.24, 2.45) is 0 Å². The molecular formula is C31H37BF3NO2. The molecule has 1 fully saturated rings. The van der Waals surface area contributed by atoms with E-state index in [1.807, 2.05) is 36.4 Å². The van der Waals surface area contributed by atoms with Crippen molar-refractivity contribution in [2.45, 2.75) is 83.4 Å². The third-order valence-corrected chi connectivity index (χ3v) is 7.93. The molecule has 0 amide bonds. The third kappa shape index (κ3) is 6.33. The molecule has 4 rings (SSSR count). The predicted molar refractivity (Wildman–Crippen MR) is 146 cm³/mol. The summed E-state index contributed by atoms with van der Waals surface area (Å²) in [4.78, 5) is 2.34. The lowest BCUT2D eigenvalue weighted by atomic mass is 9.64. The summed E-state index contributed by atoms with van der Waals surface area (Å²) < 4.78 is 52.8. The van der Waals surface area contributed by atoms with Gasteiger partial charge in [0, 0.05) is 24.9 Å². The number of alkyl halides is 3. The lowest BCUT2D eigenvalue weighted by Crippen LogP contribution is -2.41. The standard InChI is InChI=1S/C31H37BF3NO2/c1-6-27(32-37-29(2,3)30(4,5)38-32)28(25-15-11-8-12-16-25)36(21-23-13-9-7-10-14-23)22-24-17-19-26(20-18-24)31(33,34)35/h7-20,27-28H,6,21-22H2,1-5H3/t27-,28-/m1/s1. The molecule has 1 saturated heterocycles. The monoisotopic (exact) mass is 523 g/mol. The van der Waals surface area contributed by atoms with Crippen LogP contribution in [0.25, 0.3) is 0 Å². The molecule has 0 aromatic heterocycles. The minimum Gasteiger partial charge on any atom is -0.403 e. The molecule has 38 heavy (non-hydrogen) atoms. The maximum atomic E-state index is 13.2. The van der Waals surface area contributed by atoms with Crippen LogP contribution >= 0.6 is 0 Å². The Morgan fingerprint density at radius 1 is 0.737 bits per heavy atom. The van der Waals surface area contributed by atoms with E-state index in [-0.39, 0.29) is 11.9 Å². The van der Waals surface area contributed by atoms with Gasteiger partial charge in [-0.3, -0.25) is 4.90 Å². The van der Waals surface area contributed by atoms with Crippen molar-refractivity contribution in [2.75, 3.05) is 0 Å². The first kappa shape index (κ1) is 28.4. The summed E-state index contributed by atoms with van der Waals surface area (Å²) in [5.41, 5.74) is 1.49. The van der Waals surface area contributed by atoms with Crippen molar-refractivity contribution in [3.8, 4) is 0 Å². The highest BCUT2D eigenvalue weighted by Crippen LogP contribution is 2.47. The first-order valence-electron chi connectivity index (χ1n) is 13.3. The number of hydrogen-bond acceptors (Lipinski definition) is 3. The Labute approximate surface area is 225 Å². The molecule has 2 atom stereocenters. The molecule has 0 aliphatic carbocycles. The van der Waals surface area contributed by atoms with E-state index in [9.17, 15) is 13.2 Å². The molecule has 3 aromatic rings. The lowest BCUT2D eigenvalue weighted by Gasteiger charge is -2.38. The zero-order valence-corrected chi connectivity index (χ0v) is 22.8. The second-order valence-corrected chi connectivity index (χ2v) is 11.1. The lowest BCUT2D eigenvalue weighted by molar-refractivity contribution is -0.137. The van der Waals surface area contributed by atoms with Crippen LogP contribution in [0.2, 0.25) is 5.82 Å². The summed E-state index contributed by atoms with van der Waals surface area (Å²) in [5, 5.41) is 0. The van der Waals surface area contributed by atoms with E-state index in [0.29, 0.717) is 13.1 Å². The molecule has 0 radical (unpaired) electrons. The van der Waals surface area contributed by atoms with Gasteiger partial charge >= 0.3 is 13.3 Å². The van der Waals surface area contributed by atoms with Gasteiger partial charge in [-0.05, 0) is 56.5 Å². The van der Waals surface area contributed by atoms with Gasteiger partial charge in [-0.15, -0.1) is 0 Å². The summed E-state index contributed by atoms with van der Waals surface area (Å²) in [7, 11) is -0.430. The molecule has 3 nitrogen and oxygen atoms in total. The summed E-state index contributed by atoms with van der Waals surface area (Å²) in [6, 6.07) is 25.8. The summed E-state index contributed by atoms with van der Waals surface area (Å²) >= 11 is 0. The van der Waals surface area contributed by atoms with E-state index in [4.69, 9.17) is 9.31 Å². The van der Waals surface area contributed by atoms with Crippen molar-refractivity contribution in [1.29, 1.82) is 0 Å². The van der Waals surface area contributed by atoms with Crippen molar-refractivity contribution in [3.63, 3.8) is 0 Å². The highest BCUT2D eigenvalue weighted by Gasteiger charge is 2.55. The highest BCUT2D eigenvalue weighted by molar-refractivity contribution is 6.47. The predicted octanol–water partition coefficient (Wildman–Crippen LogP) is 8.32. The van der Waals surface area contributed by atoms with Crippen LogP contribution in [-0.4, -0.2) is 23.2 Å². The number of nitrogens with zero attached hydrogens (tertiary/aromatic N) is 1. The molecule has 1 aliphatic heterocycles. The SMILES string of the molecule is CC[C@@H](B1OC(C)(C)C(C)(C)O1)[C@@H](c1ccccc1)N(Cc1ccccc1)Cc1ccc(C(F)(F)F)cc1. The Morgan fingerprint density at radius 2 is 1.21 bits per heavy atom. The fraction of sp³-hybridized carbons (Fsp3) is 0.419. The third-order valence-electron chi connectivity index (χ3n) is 7.93. The van der Waals surface area contributed by atoms with Crippen LogP contribution in [-0.2, 0) is 28.6 Å². The summed E-state index contributed by atoms with van der Waals surface area (Å²) in [5.74, 6) is -0.0170. The van der Waals surface area contributed by atoms with Gasteiger partial charge in [-0.2, -0.15) is 13.2 Å². The molecule has 0 spiro atoms. The average Bonchev–Trinajstić information content (AvgIpc) is 3.09. The van der Waals surface area contributed by atoms with Crippen LogP contribution in [0.1, 0.15) is 69.3 Å². The highest BCUT2D eigenvalue weighted by atomic mass is 19.4. The maximum Gasteiger partial charge on any atom is 0.463 e. The molecule has 0 N–H and O–H groups in total. The van der Waals surface area contributed by atoms with E-state index in [0.717, 1.165) is 23.1 Å². The molecule has 1 aliphatic rings. The second kappa shape index (κ2) is 11.2. The minimum atomic E-state index is -4.36. The van der Waals surface area contributed by atoms with Gasteiger partial charge < -0.3 is 9.31 Å². The van der Waals surface area contributed by atoms with Crippen molar-refractivity contribution in [1.82, 2.24) is 4.90 Å². The van der Waals surface area contributed by atoms with E-state index in [1.165, 1.54) is 12.1 Å². The van der Waals surface area contributed by atoms with Gasteiger partial charge in [0.1, 0.15) is 0 Å². The second-order valence-electron chi connectivity index (χ2n) is 11.1. The maximum absolute atomic E-state index is 13.2. The smallest absolute Gasteiger partial charge is 0.403 e. The van der Waals surface area contributed by atoms with Gasteiger partial charge in [-0.1, -0.05) is 86.1 Å². The Balaban J connectivity index is 1.75. The molecule has 3 aromatic carbocycles. The molecule has 0 bridgehead atoms. The minimum absolute atomic E-state index is 0.0170. The van der Waals surface area contributed by atoms with Crippen molar-refractivity contribution >= 4 is 7.12 Å². The zero-order valence-electron chi connectivity index (χ0n) is 22.8. The Kier molecular flexibility index (Phi) is 8.41. The Bertz CT molecular complexity index is 1150. The van der Waals surface area contributed by atoms with Crippen LogP contribution in [0.4, 0.5) is 13.2 Å². The molecular weight excluding hydrogens is 486 g/mol. The first-order chi connectivity index (χ1) is 17.9. The summed E-state index contributed by atoms with van der Waals surface area (Å²) in [6.45, 7) is 11.5. The van der Waals surface area contributed by atoms with Gasteiger partial charge in [0.25, 0.3) is 0 Å². The van der Waals surface area contributed by atoms with Crippen LogP contribution in [0, 0.1) is 0 Å². The van der Waals surface area contributed by atoms with Crippen LogP contribution in [0.5, 0.6) is 0 Å². The summed E-state index contributed by atoms with van der Waals surface area (Å²) in [6.07, 6.45) is -3.56. The van der Waals surface area contributed by atoms with Gasteiger partial charge in [0.05, 0.1) is 16.8 Å². The van der Waals surface area contributed by atoms with Crippen molar-refractivity contribution < 1.29 is 22.5 Å². The van der Waals surface area contributed by atoms with E-state index in [1.54, 1.807) is 12.1 Å². The Hall–Kier alpha value is -2.61. The molecule has 202 valence electrons. The largest absolute Gasteiger partial charge is 0.463 e. The van der Waals surface area contributed by atoms with E-state index >= 15 is 0 Å². The number of halogens is 3. The molecule has 1 heterocycles. The number of benzene rings is 3. The van der Waals surface area contributed by atoms with Gasteiger partial charge in [-0.25, -0.2) is 0 Å². The number of hydrogen-bond donors (Lipinski definition) is 0. The van der Waals surface area contributed by atoms with E-state index in [2.05, 4.69) is 63.8 Å². The zero-order chi connectivity index (χ0) is 27.6. The fourth-order valence-corrected chi connectivity index (χ4v) is 5.11.